The third-order valence-electron chi connectivity index (χ3n) is 15.0. The minimum atomic E-state index is -1.52. The van der Waals surface area contributed by atoms with Gasteiger partial charge in [-0.1, -0.05) is 309 Å². The van der Waals surface area contributed by atoms with Crippen LogP contribution in [0, 0.1) is 0 Å². The molecule has 0 saturated heterocycles. The number of nitrogens with zero attached hydrogens (tertiary/aromatic N) is 1. The maximum absolute atomic E-state index is 12.9. The van der Waals surface area contributed by atoms with E-state index >= 15 is 0 Å². The van der Waals surface area contributed by atoms with Crippen LogP contribution in [0.1, 0.15) is 290 Å². The highest BCUT2D eigenvalue weighted by Crippen LogP contribution is 2.17. The predicted molar refractivity (Wildman–Crippen MR) is 368 cm³/mol. The van der Waals surface area contributed by atoms with Crippen LogP contribution >= 0.6 is 0 Å². The molecule has 0 amide bonds. The Balaban J connectivity index is 4.16. The van der Waals surface area contributed by atoms with Crippen molar-refractivity contribution in [3.8, 4) is 0 Å². The molecule has 0 bridgehead atoms. The Morgan fingerprint density at radius 1 is 0.360 bits per heavy atom. The highest BCUT2D eigenvalue weighted by molar-refractivity contribution is 5.71. The van der Waals surface area contributed by atoms with E-state index in [-0.39, 0.29) is 32.2 Å². The number of quaternary nitrogens is 1. The van der Waals surface area contributed by atoms with Gasteiger partial charge in [-0.2, -0.15) is 0 Å². The molecule has 2 atom stereocenters. The maximum Gasteiger partial charge on any atom is 0.361 e. The van der Waals surface area contributed by atoms with Gasteiger partial charge in [0.15, 0.2) is 6.10 Å². The second-order valence-corrected chi connectivity index (χ2v) is 24.5. The maximum atomic E-state index is 12.9. The normalized spacial score (nSPS) is 13.5. The van der Waals surface area contributed by atoms with E-state index in [1.807, 2.05) is 21.1 Å². The molecule has 0 spiro atoms. The molecule has 9 nitrogen and oxygen atoms in total. The molecule has 0 aliphatic heterocycles. The lowest BCUT2D eigenvalue weighted by molar-refractivity contribution is -0.870. The van der Waals surface area contributed by atoms with Crippen LogP contribution in [-0.4, -0.2) is 87.4 Å². The Labute approximate surface area is 529 Å². The Bertz CT molecular complexity index is 1830. The lowest BCUT2D eigenvalue weighted by Crippen LogP contribution is -2.40. The zero-order valence-electron chi connectivity index (χ0n) is 56.2. The van der Waals surface area contributed by atoms with E-state index < -0.39 is 24.3 Å². The number of carboxylic acids is 1. The van der Waals surface area contributed by atoms with E-state index in [1.54, 1.807) is 0 Å². The van der Waals surface area contributed by atoms with Gasteiger partial charge in [0.25, 0.3) is 6.29 Å². The molecule has 0 aromatic rings. The summed E-state index contributed by atoms with van der Waals surface area (Å²) < 4.78 is 23.0. The number of likely N-dealkylation sites (N-methyl/N-ethyl adjacent to an activating group) is 1. The Morgan fingerprint density at radius 3 is 0.988 bits per heavy atom. The molecule has 492 valence electrons. The van der Waals surface area contributed by atoms with Gasteiger partial charge < -0.3 is 28.5 Å². The number of ether oxygens (including phenoxy) is 4. The third kappa shape index (κ3) is 67.2. The van der Waals surface area contributed by atoms with Gasteiger partial charge in [0, 0.05) is 12.8 Å². The number of carbonyl (C=O) groups excluding carboxylic acids is 2. The van der Waals surface area contributed by atoms with Crippen molar-refractivity contribution in [1.82, 2.24) is 0 Å². The van der Waals surface area contributed by atoms with Gasteiger partial charge in [-0.15, -0.1) is 0 Å². The fourth-order valence-corrected chi connectivity index (χ4v) is 9.63. The van der Waals surface area contributed by atoms with Crippen LogP contribution in [0.15, 0.2) is 122 Å². The summed E-state index contributed by atoms with van der Waals surface area (Å²) >= 11 is 0. The molecule has 9 heteroatoms. The van der Waals surface area contributed by atoms with Crippen LogP contribution in [-0.2, 0) is 33.3 Å². The Kier molecular flexibility index (Phi) is 63.3. The SMILES string of the molecule is CC/C=C\C/C=C\C/C=C\C/C=C\C/C=C\C/C=C\C/C=C\C/C=C\C/C=C\C/C=C\CCCCCCCCCCC(=O)OC(COC(=O)CCCCCCCCCCCCCCCCCCCCCCCC)COC(OCC[N+](C)(C)C)C(=O)O. The quantitative estimate of drug-likeness (QED) is 0.0211. The first-order chi connectivity index (χ1) is 42.1. The first kappa shape index (κ1) is 81.7. The van der Waals surface area contributed by atoms with Crippen molar-refractivity contribution in [2.24, 2.45) is 0 Å². The van der Waals surface area contributed by atoms with Crippen molar-refractivity contribution >= 4 is 17.9 Å². The second kappa shape index (κ2) is 66.6. The van der Waals surface area contributed by atoms with Gasteiger partial charge in [-0.25, -0.2) is 4.79 Å². The topological polar surface area (TPSA) is 108 Å². The fraction of sp³-hybridized carbons (Fsp3) is 0.701. The predicted octanol–water partition coefficient (Wildman–Crippen LogP) is 22.0. The van der Waals surface area contributed by atoms with E-state index in [0.717, 1.165) is 109 Å². The third-order valence-corrected chi connectivity index (χ3v) is 15.0. The van der Waals surface area contributed by atoms with Crippen molar-refractivity contribution in [3.05, 3.63) is 122 Å². The molecule has 0 aromatic carbocycles. The largest absolute Gasteiger partial charge is 0.477 e. The van der Waals surface area contributed by atoms with Gasteiger partial charge in [-0.3, -0.25) is 9.59 Å². The highest BCUT2D eigenvalue weighted by Gasteiger charge is 2.25. The summed E-state index contributed by atoms with van der Waals surface area (Å²) in [5, 5.41) is 9.74. The summed E-state index contributed by atoms with van der Waals surface area (Å²) in [6, 6.07) is 0. The molecule has 1 N–H and O–H groups in total. The number of esters is 2. The summed E-state index contributed by atoms with van der Waals surface area (Å²) in [6.07, 6.45) is 91.6. The van der Waals surface area contributed by atoms with Gasteiger partial charge in [0.1, 0.15) is 13.2 Å². The molecule has 86 heavy (non-hydrogen) atoms. The Morgan fingerprint density at radius 2 is 0.663 bits per heavy atom. The zero-order chi connectivity index (χ0) is 62.6. The van der Waals surface area contributed by atoms with Crippen molar-refractivity contribution in [2.45, 2.75) is 302 Å². The Hall–Kier alpha value is -4.31. The minimum absolute atomic E-state index is 0.182. The lowest BCUT2D eigenvalue weighted by Gasteiger charge is -2.25. The van der Waals surface area contributed by atoms with Crippen LogP contribution in [0.3, 0.4) is 0 Å². The summed E-state index contributed by atoms with van der Waals surface area (Å²) in [7, 11) is 5.97. The molecule has 0 fully saturated rings. The molecular weight excluding hydrogens is 1070 g/mol. The van der Waals surface area contributed by atoms with Gasteiger partial charge in [-0.05, 0) is 89.9 Å². The van der Waals surface area contributed by atoms with Crippen LogP contribution in [0.4, 0.5) is 0 Å². The monoisotopic (exact) mass is 1200 g/mol. The molecule has 2 unspecified atom stereocenters. The number of carboxylic acid groups (broad SMARTS) is 1. The number of hydrogen-bond donors (Lipinski definition) is 1. The van der Waals surface area contributed by atoms with Crippen molar-refractivity contribution in [3.63, 3.8) is 0 Å². The standard InChI is InChI=1S/C77H131NO8/c1-6-8-10-12-14-16-18-20-22-24-26-28-30-31-32-33-34-35-36-37-38-39-40-41-42-43-44-45-46-48-50-52-54-56-58-60-62-64-66-68-75(80)86-73(72-85-77(76(81)82)83-70-69-78(3,4)5)71-84-74(79)67-65-63-61-59-57-55-53-51-49-47-29-27-25-23-21-19-17-15-13-11-9-7-2/h8,10,14,16,20,22,26,28,31-32,34-35,37-38,40-41,43-44,46,48,73,77H,6-7,9,11-13,15,17-19,21,23-25,27,29-30,33,36,39,42,45,47,49-72H2,1-5H3/p+1/b10-8-,16-14-,22-20-,28-26-,32-31-,35-34-,38-37-,41-40-,44-43-,48-46-. The van der Waals surface area contributed by atoms with Gasteiger partial charge in [0.05, 0.1) is 34.4 Å². The number of aliphatic carboxylic acids is 1. The average Bonchev–Trinajstić information content (AvgIpc) is 3.63. The number of carbonyl (C=O) groups is 3. The highest BCUT2D eigenvalue weighted by atomic mass is 16.7. The second-order valence-electron chi connectivity index (χ2n) is 24.5. The smallest absolute Gasteiger partial charge is 0.361 e. The van der Waals surface area contributed by atoms with E-state index in [0.29, 0.717) is 23.9 Å². The van der Waals surface area contributed by atoms with Crippen LogP contribution in [0.2, 0.25) is 0 Å². The lowest BCUT2D eigenvalue weighted by atomic mass is 10.0. The van der Waals surface area contributed by atoms with E-state index in [9.17, 15) is 19.5 Å². The van der Waals surface area contributed by atoms with Crippen LogP contribution < -0.4 is 0 Å². The number of rotatable bonds is 64. The van der Waals surface area contributed by atoms with Crippen molar-refractivity contribution in [2.75, 3.05) is 47.5 Å². The van der Waals surface area contributed by atoms with E-state index in [2.05, 4.69) is 135 Å². The van der Waals surface area contributed by atoms with E-state index in [1.165, 1.54) is 148 Å². The number of allylic oxidation sites excluding steroid dienone is 20. The summed E-state index contributed by atoms with van der Waals surface area (Å²) in [5.74, 6) is -2.01. The fourth-order valence-electron chi connectivity index (χ4n) is 9.63. The van der Waals surface area contributed by atoms with Crippen molar-refractivity contribution in [1.29, 1.82) is 0 Å². The molecular formula is C77H132NO8+. The average molecular weight is 1200 g/mol. The van der Waals surface area contributed by atoms with Crippen LogP contribution in [0.5, 0.6) is 0 Å². The molecule has 0 rings (SSSR count). The first-order valence-corrected chi connectivity index (χ1v) is 35.2. The van der Waals surface area contributed by atoms with Gasteiger partial charge >= 0.3 is 17.9 Å². The van der Waals surface area contributed by atoms with E-state index in [4.69, 9.17) is 18.9 Å². The summed E-state index contributed by atoms with van der Waals surface area (Å²) in [5.41, 5.74) is 0. The molecule has 0 saturated carbocycles. The number of hydrogen-bond acceptors (Lipinski definition) is 7. The van der Waals surface area contributed by atoms with Crippen molar-refractivity contribution < 1.29 is 42.9 Å². The number of unbranched alkanes of at least 4 members (excludes halogenated alkanes) is 29. The molecule has 0 aromatic heterocycles. The van der Waals surface area contributed by atoms with Crippen LogP contribution in [0.25, 0.3) is 0 Å². The first-order valence-electron chi connectivity index (χ1n) is 35.2. The summed E-state index contributed by atoms with van der Waals surface area (Å²) in [6.45, 7) is 4.78. The molecule has 0 aliphatic rings. The zero-order valence-corrected chi connectivity index (χ0v) is 56.2. The summed E-state index contributed by atoms with van der Waals surface area (Å²) in [4.78, 5) is 37.6. The molecule has 0 heterocycles. The minimum Gasteiger partial charge on any atom is -0.477 e. The molecule has 0 aliphatic carbocycles. The van der Waals surface area contributed by atoms with Gasteiger partial charge in [0.2, 0.25) is 0 Å². The molecule has 0 radical (unpaired) electrons.